The fourth-order valence-corrected chi connectivity index (χ4v) is 1.36. The zero-order valence-corrected chi connectivity index (χ0v) is 9.34. The van der Waals surface area contributed by atoms with E-state index in [1.807, 2.05) is 0 Å². The van der Waals surface area contributed by atoms with Gasteiger partial charge in [0, 0.05) is 12.1 Å². The van der Waals surface area contributed by atoms with Crippen molar-refractivity contribution in [2.24, 2.45) is 0 Å². The Kier molecular flexibility index (Phi) is 4.55. The number of rotatable bonds is 4. The zero-order chi connectivity index (χ0) is 13.9. The molecule has 0 amide bonds. The highest BCUT2D eigenvalue weighted by Gasteiger charge is 2.21. The molecular formula is C9H12N2O7. The minimum absolute atomic E-state index is 0.134. The van der Waals surface area contributed by atoms with Crippen LogP contribution < -0.4 is 10.5 Å². The summed E-state index contributed by atoms with van der Waals surface area (Å²) in [4.78, 5) is 11.0. The van der Waals surface area contributed by atoms with Gasteiger partial charge in [0.15, 0.2) is 0 Å². The molecule has 0 aromatic heterocycles. The third-order valence-electron chi connectivity index (χ3n) is 2.21. The predicted octanol–water partition coefficient (Wildman–Crippen LogP) is -2.09. The maximum atomic E-state index is 11.0. The van der Waals surface area contributed by atoms with Gasteiger partial charge in [0.05, 0.1) is 13.5 Å². The van der Waals surface area contributed by atoms with Crippen molar-refractivity contribution in [3.63, 3.8) is 0 Å². The number of nitrogens with one attached hydrogen (secondary N) is 2. The molecule has 0 radical (unpaired) electrons. The largest absolute Gasteiger partial charge is 0.595 e. The fourth-order valence-electron chi connectivity index (χ4n) is 1.36. The molecule has 0 spiro atoms. The summed E-state index contributed by atoms with van der Waals surface area (Å²) in [7, 11) is 1.15. The fraction of sp³-hybridized carbons (Fsp3) is 0.222. The van der Waals surface area contributed by atoms with Crippen LogP contribution in [0.1, 0.15) is 5.56 Å². The van der Waals surface area contributed by atoms with E-state index in [1.165, 1.54) is 0 Å². The quantitative estimate of drug-likeness (QED) is 0.237. The number of ether oxygens (including phenoxy) is 1. The van der Waals surface area contributed by atoms with E-state index in [2.05, 4.69) is 4.74 Å². The predicted molar refractivity (Wildman–Crippen MR) is 55.4 cm³/mol. The van der Waals surface area contributed by atoms with Crippen LogP contribution in [0.5, 0.6) is 5.75 Å². The monoisotopic (exact) mass is 260 g/mol. The molecule has 0 saturated heterocycles. The molecule has 2 unspecified atom stereocenters. The van der Waals surface area contributed by atoms with E-state index in [0.29, 0.717) is 0 Å². The topological polar surface area (TPSA) is 142 Å². The average molecular weight is 260 g/mol. The number of aromatic hydroxyl groups is 1. The summed E-state index contributed by atoms with van der Waals surface area (Å²) in [6.45, 7) is 0. The third kappa shape index (κ3) is 3.13. The van der Waals surface area contributed by atoms with Gasteiger partial charge in [0.1, 0.15) is 0 Å². The third-order valence-corrected chi connectivity index (χ3v) is 2.21. The molecule has 9 heteroatoms. The lowest BCUT2D eigenvalue weighted by atomic mass is 10.1. The zero-order valence-electron chi connectivity index (χ0n) is 9.34. The number of quaternary nitrogens is 2. The van der Waals surface area contributed by atoms with E-state index in [1.54, 1.807) is 0 Å². The van der Waals surface area contributed by atoms with Crippen LogP contribution >= 0.6 is 0 Å². The first kappa shape index (κ1) is 14.3. The number of methoxy groups -OCH3 is 1. The molecule has 1 rings (SSSR count). The Morgan fingerprint density at radius 3 is 2.06 bits per heavy atom. The molecule has 0 aliphatic carbocycles. The summed E-state index contributed by atoms with van der Waals surface area (Å²) >= 11 is 0. The van der Waals surface area contributed by atoms with Crippen LogP contribution in [0.4, 0.5) is 11.4 Å². The maximum absolute atomic E-state index is 11.0. The van der Waals surface area contributed by atoms with Gasteiger partial charge in [0.25, 0.3) is 0 Å². The summed E-state index contributed by atoms with van der Waals surface area (Å²) in [5, 5.41) is 45.8. The van der Waals surface area contributed by atoms with Crippen molar-refractivity contribution in [3.8, 4) is 5.75 Å². The van der Waals surface area contributed by atoms with Gasteiger partial charge in [-0.2, -0.15) is 10.5 Å². The van der Waals surface area contributed by atoms with Crippen LogP contribution in [0.15, 0.2) is 12.1 Å². The Hall–Kier alpha value is -1.75. The lowest BCUT2D eigenvalue weighted by Gasteiger charge is -2.18. The molecule has 2 atom stereocenters. The van der Waals surface area contributed by atoms with Gasteiger partial charge in [-0.3, -0.25) is 4.79 Å². The van der Waals surface area contributed by atoms with Gasteiger partial charge < -0.3 is 20.3 Å². The van der Waals surface area contributed by atoms with Crippen molar-refractivity contribution in [2.45, 2.75) is 6.42 Å². The number of hydrogen-bond donors (Lipinski definition) is 5. The summed E-state index contributed by atoms with van der Waals surface area (Å²) in [6, 6.07) is 2.06. The summed E-state index contributed by atoms with van der Waals surface area (Å²) in [6.07, 6.45) is -0.280. The second-order valence-corrected chi connectivity index (χ2v) is 3.40. The van der Waals surface area contributed by atoms with Crippen molar-refractivity contribution in [1.82, 2.24) is 0 Å². The van der Waals surface area contributed by atoms with Crippen LogP contribution in [0.25, 0.3) is 0 Å². The van der Waals surface area contributed by atoms with Gasteiger partial charge in [0.2, 0.25) is 17.1 Å². The van der Waals surface area contributed by atoms with Crippen molar-refractivity contribution in [2.75, 3.05) is 7.11 Å². The van der Waals surface area contributed by atoms with E-state index in [0.717, 1.165) is 19.2 Å². The van der Waals surface area contributed by atoms with E-state index in [-0.39, 0.29) is 12.0 Å². The Labute approximate surface area is 101 Å². The van der Waals surface area contributed by atoms with Crippen molar-refractivity contribution < 1.29 is 35.5 Å². The Morgan fingerprint density at radius 2 is 1.72 bits per heavy atom. The molecular weight excluding hydrogens is 248 g/mol. The number of phenolic OH excluding ortho intramolecular Hbond substituents is 1. The van der Waals surface area contributed by atoms with E-state index in [9.17, 15) is 20.3 Å². The lowest BCUT2D eigenvalue weighted by molar-refractivity contribution is -0.996. The molecule has 18 heavy (non-hydrogen) atoms. The molecule has 0 aliphatic heterocycles. The minimum Gasteiger partial charge on any atom is -0.595 e. The normalized spacial score (nSPS) is 14.1. The first-order valence-electron chi connectivity index (χ1n) is 4.76. The molecule has 100 valence electrons. The number of phenols is 1. The van der Waals surface area contributed by atoms with Crippen LogP contribution in [0.2, 0.25) is 0 Å². The first-order chi connectivity index (χ1) is 8.36. The van der Waals surface area contributed by atoms with Gasteiger partial charge >= 0.3 is 5.97 Å². The molecule has 0 aliphatic rings. The number of carbonyl (C=O) groups excluding carboxylic acids is 1. The highest BCUT2D eigenvalue weighted by Crippen LogP contribution is 2.28. The molecule has 0 bridgehead atoms. The second-order valence-electron chi connectivity index (χ2n) is 3.40. The Morgan fingerprint density at radius 1 is 1.28 bits per heavy atom. The van der Waals surface area contributed by atoms with Crippen molar-refractivity contribution in [1.29, 1.82) is 0 Å². The Bertz CT molecular complexity index is 418. The van der Waals surface area contributed by atoms with Crippen molar-refractivity contribution >= 4 is 17.3 Å². The average Bonchev–Trinajstić information content (AvgIpc) is 2.30. The number of hydrogen-bond acceptors (Lipinski definition) is 7. The van der Waals surface area contributed by atoms with E-state index >= 15 is 0 Å². The van der Waals surface area contributed by atoms with Crippen LogP contribution in [0.3, 0.4) is 0 Å². The van der Waals surface area contributed by atoms with Crippen LogP contribution in [0, 0.1) is 10.4 Å². The standard InChI is InChI=1S/C9H12N2O7/c1-18-8(12)4-5-2-6(10(14)15)9(13)7(3-5)11(16)17/h2-3,10-11,13-14,16H,4H2,1H3. The van der Waals surface area contributed by atoms with Gasteiger partial charge in [-0.1, -0.05) is 0 Å². The molecule has 9 nitrogen and oxygen atoms in total. The Balaban J connectivity index is 3.24. The summed E-state index contributed by atoms with van der Waals surface area (Å²) in [5.74, 6) is -1.49. The minimum atomic E-state index is -1.48. The molecule has 0 heterocycles. The second kappa shape index (κ2) is 5.73. The van der Waals surface area contributed by atoms with E-state index in [4.69, 9.17) is 10.4 Å². The van der Waals surface area contributed by atoms with E-state index < -0.39 is 33.5 Å². The molecule has 0 saturated carbocycles. The van der Waals surface area contributed by atoms with Crippen molar-refractivity contribution in [3.05, 3.63) is 28.1 Å². The lowest BCUT2D eigenvalue weighted by Crippen LogP contribution is -3.00. The number of esters is 1. The first-order valence-corrected chi connectivity index (χ1v) is 4.76. The van der Waals surface area contributed by atoms with Crippen LogP contribution in [-0.2, 0) is 16.0 Å². The van der Waals surface area contributed by atoms with Crippen LogP contribution in [-0.4, -0.2) is 28.6 Å². The molecule has 1 aromatic rings. The SMILES string of the molecule is COC(=O)Cc1cc([NH+]([O-])O)c(O)c([NH+]([O-])O)c1. The highest BCUT2D eigenvalue weighted by molar-refractivity contribution is 5.74. The number of benzene rings is 1. The number of carbonyl (C=O) groups is 1. The molecule has 0 fully saturated rings. The van der Waals surface area contributed by atoms with Gasteiger partial charge in [-0.05, 0) is 5.56 Å². The molecule has 5 N–H and O–H groups in total. The highest BCUT2D eigenvalue weighted by atomic mass is 16.8. The maximum Gasteiger partial charge on any atom is 0.309 e. The van der Waals surface area contributed by atoms with Gasteiger partial charge in [-0.15, -0.1) is 0 Å². The molecule has 1 aromatic carbocycles. The van der Waals surface area contributed by atoms with Gasteiger partial charge in [-0.25, -0.2) is 10.4 Å². The summed E-state index contributed by atoms with van der Waals surface area (Å²) < 4.78 is 4.39. The smallest absolute Gasteiger partial charge is 0.309 e. The summed E-state index contributed by atoms with van der Waals surface area (Å²) in [5.41, 5.74) is -1.02.